The molecule has 0 saturated carbocycles. The maximum absolute atomic E-state index is 12.2. The molecule has 0 radical (unpaired) electrons. The molecule has 2 heterocycles. The van der Waals surface area contributed by atoms with Crippen molar-refractivity contribution in [3.63, 3.8) is 0 Å². The Morgan fingerprint density at radius 3 is 2.82 bits per heavy atom. The number of amides is 1. The summed E-state index contributed by atoms with van der Waals surface area (Å²) in [5.74, 6) is 0.612. The van der Waals surface area contributed by atoms with Crippen LogP contribution in [0.1, 0.15) is 16.1 Å². The van der Waals surface area contributed by atoms with Gasteiger partial charge >= 0.3 is 0 Å². The summed E-state index contributed by atoms with van der Waals surface area (Å²) in [4.78, 5) is 15.3. The van der Waals surface area contributed by atoms with Crippen LogP contribution < -0.4 is 10.6 Å². The van der Waals surface area contributed by atoms with Gasteiger partial charge in [-0.2, -0.15) is 5.10 Å². The lowest BCUT2D eigenvalue weighted by atomic mass is 10.1. The summed E-state index contributed by atoms with van der Waals surface area (Å²) in [5.41, 5.74) is 2.49. The molecule has 0 unspecified atom stereocenters. The molecule has 0 fully saturated rings. The Morgan fingerprint density at radius 1 is 1.14 bits per heavy atom. The standard InChI is InChI=1S/C16H17N5O/c1-11-6-7-15(21-20-11)17-8-9-18-16(22)13-10-19-14-5-3-2-4-12(13)14/h2-7,10,19H,8-9H2,1H3,(H,17,21)(H,18,22). The van der Waals surface area contributed by atoms with E-state index in [1.807, 2.05) is 43.3 Å². The van der Waals surface area contributed by atoms with Crippen molar-refractivity contribution < 1.29 is 4.79 Å². The average Bonchev–Trinajstić information content (AvgIpc) is 2.97. The number of carbonyl (C=O) groups excluding carboxylic acids is 1. The first-order valence-electron chi connectivity index (χ1n) is 7.12. The molecular formula is C16H17N5O. The number of hydrogen-bond acceptors (Lipinski definition) is 4. The zero-order chi connectivity index (χ0) is 15.4. The van der Waals surface area contributed by atoms with E-state index >= 15 is 0 Å². The molecule has 112 valence electrons. The van der Waals surface area contributed by atoms with E-state index < -0.39 is 0 Å². The van der Waals surface area contributed by atoms with Crippen molar-refractivity contribution in [3.05, 3.63) is 53.9 Å². The lowest BCUT2D eigenvalue weighted by Gasteiger charge is -2.06. The predicted octanol–water partition coefficient (Wildman–Crippen LogP) is 2.11. The Morgan fingerprint density at radius 2 is 2.00 bits per heavy atom. The first kappa shape index (κ1) is 14.1. The second-order valence-corrected chi connectivity index (χ2v) is 4.99. The van der Waals surface area contributed by atoms with Crippen LogP contribution in [0.4, 0.5) is 5.82 Å². The first-order valence-corrected chi connectivity index (χ1v) is 7.12. The van der Waals surface area contributed by atoms with Crippen molar-refractivity contribution >= 4 is 22.6 Å². The van der Waals surface area contributed by atoms with Crippen molar-refractivity contribution in [1.29, 1.82) is 0 Å². The summed E-state index contributed by atoms with van der Waals surface area (Å²) in [7, 11) is 0. The summed E-state index contributed by atoms with van der Waals surface area (Å²) in [6, 6.07) is 11.5. The van der Waals surface area contributed by atoms with Crippen molar-refractivity contribution in [1.82, 2.24) is 20.5 Å². The highest BCUT2D eigenvalue weighted by Crippen LogP contribution is 2.17. The first-order chi connectivity index (χ1) is 10.7. The van der Waals surface area contributed by atoms with Gasteiger partial charge in [-0.1, -0.05) is 18.2 Å². The lowest BCUT2D eigenvalue weighted by molar-refractivity contribution is 0.0957. The van der Waals surface area contributed by atoms with Crippen molar-refractivity contribution in [2.45, 2.75) is 6.92 Å². The van der Waals surface area contributed by atoms with Crippen LogP contribution in [-0.4, -0.2) is 34.2 Å². The molecule has 0 atom stereocenters. The number of aromatic nitrogens is 3. The van der Waals surface area contributed by atoms with Gasteiger partial charge in [-0.25, -0.2) is 0 Å². The number of nitrogens with zero attached hydrogens (tertiary/aromatic N) is 2. The molecule has 0 spiro atoms. The third kappa shape index (κ3) is 3.06. The number of anilines is 1. The number of aromatic amines is 1. The molecule has 3 aromatic rings. The van der Waals surface area contributed by atoms with Crippen LogP contribution in [0.5, 0.6) is 0 Å². The second-order valence-electron chi connectivity index (χ2n) is 4.99. The van der Waals surface area contributed by atoms with Gasteiger partial charge in [0.25, 0.3) is 5.91 Å². The molecule has 1 amide bonds. The number of benzene rings is 1. The Hall–Kier alpha value is -2.89. The molecule has 2 aromatic heterocycles. The highest BCUT2D eigenvalue weighted by atomic mass is 16.1. The minimum Gasteiger partial charge on any atom is -0.367 e. The van der Waals surface area contributed by atoms with Crippen LogP contribution in [0, 0.1) is 6.92 Å². The zero-order valence-corrected chi connectivity index (χ0v) is 12.3. The van der Waals surface area contributed by atoms with E-state index in [0.29, 0.717) is 24.5 Å². The van der Waals surface area contributed by atoms with Gasteiger partial charge in [-0.05, 0) is 25.1 Å². The second kappa shape index (κ2) is 6.26. The molecule has 0 aliphatic heterocycles. The molecule has 0 aliphatic rings. The van der Waals surface area contributed by atoms with E-state index in [1.165, 1.54) is 0 Å². The van der Waals surface area contributed by atoms with Gasteiger partial charge < -0.3 is 15.6 Å². The maximum atomic E-state index is 12.2. The van der Waals surface area contributed by atoms with E-state index in [9.17, 15) is 4.79 Å². The van der Waals surface area contributed by atoms with Crippen LogP contribution in [-0.2, 0) is 0 Å². The molecule has 0 saturated heterocycles. The number of fused-ring (bicyclic) bond motifs is 1. The number of nitrogens with one attached hydrogen (secondary N) is 3. The van der Waals surface area contributed by atoms with Gasteiger partial charge in [0, 0.05) is 30.2 Å². The third-order valence-electron chi connectivity index (χ3n) is 3.35. The summed E-state index contributed by atoms with van der Waals surface area (Å²) in [5, 5.41) is 14.9. The average molecular weight is 295 g/mol. The SMILES string of the molecule is Cc1ccc(NCCNC(=O)c2c[nH]c3ccccc23)nn1. The van der Waals surface area contributed by atoms with Gasteiger partial charge in [0.05, 0.1) is 11.3 Å². The van der Waals surface area contributed by atoms with Crippen LogP contribution in [0.15, 0.2) is 42.6 Å². The van der Waals surface area contributed by atoms with Crippen molar-refractivity contribution in [3.8, 4) is 0 Å². The number of para-hydroxylation sites is 1. The summed E-state index contributed by atoms with van der Waals surface area (Å²) in [6.45, 7) is 2.98. The molecule has 1 aromatic carbocycles. The van der Waals surface area contributed by atoms with E-state index in [2.05, 4.69) is 25.8 Å². The molecule has 3 rings (SSSR count). The Kier molecular flexibility index (Phi) is 4.00. The molecule has 6 nitrogen and oxygen atoms in total. The number of carbonyl (C=O) groups is 1. The Labute approximate surface area is 128 Å². The molecule has 0 bridgehead atoms. The van der Waals surface area contributed by atoms with Crippen LogP contribution in [0.3, 0.4) is 0 Å². The number of rotatable bonds is 5. The monoisotopic (exact) mass is 295 g/mol. The third-order valence-corrected chi connectivity index (χ3v) is 3.35. The highest BCUT2D eigenvalue weighted by molar-refractivity contribution is 6.06. The lowest BCUT2D eigenvalue weighted by Crippen LogP contribution is -2.28. The van der Waals surface area contributed by atoms with Crippen LogP contribution in [0.2, 0.25) is 0 Å². The smallest absolute Gasteiger partial charge is 0.253 e. The zero-order valence-electron chi connectivity index (χ0n) is 12.3. The van der Waals surface area contributed by atoms with Crippen molar-refractivity contribution in [2.24, 2.45) is 0 Å². The number of aryl methyl sites for hydroxylation is 1. The molecular weight excluding hydrogens is 278 g/mol. The van der Waals surface area contributed by atoms with E-state index in [1.54, 1.807) is 6.20 Å². The molecule has 3 N–H and O–H groups in total. The summed E-state index contributed by atoms with van der Waals surface area (Å²) < 4.78 is 0. The highest BCUT2D eigenvalue weighted by Gasteiger charge is 2.10. The van der Waals surface area contributed by atoms with Gasteiger partial charge in [0.1, 0.15) is 5.82 Å². The van der Waals surface area contributed by atoms with E-state index in [0.717, 1.165) is 16.6 Å². The molecule has 0 aliphatic carbocycles. The Balaban J connectivity index is 1.53. The van der Waals surface area contributed by atoms with E-state index in [4.69, 9.17) is 0 Å². The number of hydrogen-bond donors (Lipinski definition) is 3. The van der Waals surface area contributed by atoms with Gasteiger partial charge in [-0.15, -0.1) is 5.10 Å². The quantitative estimate of drug-likeness (QED) is 0.630. The van der Waals surface area contributed by atoms with Gasteiger partial charge in [0.2, 0.25) is 0 Å². The van der Waals surface area contributed by atoms with Crippen LogP contribution >= 0.6 is 0 Å². The fourth-order valence-electron chi connectivity index (χ4n) is 2.21. The summed E-state index contributed by atoms with van der Waals surface area (Å²) in [6.07, 6.45) is 1.73. The Bertz CT molecular complexity index is 779. The molecule has 22 heavy (non-hydrogen) atoms. The van der Waals surface area contributed by atoms with Crippen molar-refractivity contribution in [2.75, 3.05) is 18.4 Å². The van der Waals surface area contributed by atoms with Crippen LogP contribution in [0.25, 0.3) is 10.9 Å². The topological polar surface area (TPSA) is 82.7 Å². The van der Waals surface area contributed by atoms with Gasteiger partial charge in [-0.3, -0.25) is 4.79 Å². The minimum atomic E-state index is -0.0887. The minimum absolute atomic E-state index is 0.0887. The molecule has 6 heteroatoms. The summed E-state index contributed by atoms with van der Waals surface area (Å²) >= 11 is 0. The fraction of sp³-hybridized carbons (Fsp3) is 0.188. The maximum Gasteiger partial charge on any atom is 0.253 e. The largest absolute Gasteiger partial charge is 0.367 e. The predicted molar refractivity (Wildman–Crippen MR) is 85.9 cm³/mol. The van der Waals surface area contributed by atoms with E-state index in [-0.39, 0.29) is 5.91 Å². The fourth-order valence-corrected chi connectivity index (χ4v) is 2.21. The normalized spacial score (nSPS) is 10.6. The van der Waals surface area contributed by atoms with Gasteiger partial charge in [0.15, 0.2) is 0 Å². The number of H-pyrrole nitrogens is 1.